The van der Waals surface area contributed by atoms with E-state index in [9.17, 15) is 14.4 Å². The second kappa shape index (κ2) is 8.78. The van der Waals surface area contributed by atoms with Crippen LogP contribution in [0.2, 0.25) is 0 Å². The first-order valence-electron chi connectivity index (χ1n) is 11.0. The summed E-state index contributed by atoms with van der Waals surface area (Å²) in [6.45, 7) is 9.27. The van der Waals surface area contributed by atoms with Crippen molar-refractivity contribution in [3.63, 3.8) is 0 Å². The minimum atomic E-state index is -0.476. The summed E-state index contributed by atoms with van der Waals surface area (Å²) < 4.78 is 8.66. The molecule has 3 rings (SSSR count). The summed E-state index contributed by atoms with van der Waals surface area (Å²) in [5.41, 5.74) is -0.00403. The molecule has 30 heavy (non-hydrogen) atoms. The smallest absolute Gasteiger partial charge is 0.330 e. The van der Waals surface area contributed by atoms with Gasteiger partial charge in [-0.1, -0.05) is 34.1 Å². The number of unbranched alkanes of at least 4 members (excludes halogenated alkanes) is 1. The van der Waals surface area contributed by atoms with Gasteiger partial charge < -0.3 is 9.30 Å². The molecule has 1 N–H and O–H groups in total. The molecule has 1 aliphatic rings. The molecule has 1 saturated carbocycles. The van der Waals surface area contributed by atoms with E-state index in [4.69, 9.17) is 4.74 Å². The number of fused-ring (bicyclic) bond motifs is 1. The molecule has 8 nitrogen and oxygen atoms in total. The predicted octanol–water partition coefficient (Wildman–Crippen LogP) is 3.12. The highest BCUT2D eigenvalue weighted by Crippen LogP contribution is 2.40. The van der Waals surface area contributed by atoms with Gasteiger partial charge >= 0.3 is 11.7 Å². The molecule has 2 heterocycles. The van der Waals surface area contributed by atoms with Crippen LogP contribution in [0.1, 0.15) is 72.0 Å². The number of rotatable bonds is 6. The maximum atomic E-state index is 12.6. The second-order valence-corrected chi connectivity index (χ2v) is 9.55. The fourth-order valence-corrected chi connectivity index (χ4v) is 4.39. The molecule has 0 unspecified atom stereocenters. The second-order valence-electron chi connectivity index (χ2n) is 9.55. The molecule has 0 aromatic carbocycles. The van der Waals surface area contributed by atoms with Crippen molar-refractivity contribution in [1.29, 1.82) is 0 Å². The van der Waals surface area contributed by atoms with Crippen LogP contribution in [0.15, 0.2) is 9.59 Å². The highest BCUT2D eigenvalue weighted by molar-refractivity contribution is 5.73. The third-order valence-corrected chi connectivity index (χ3v) is 6.47. The first-order valence-corrected chi connectivity index (χ1v) is 11.0. The Labute approximate surface area is 176 Å². The molecule has 0 aliphatic heterocycles. The van der Waals surface area contributed by atoms with Crippen molar-refractivity contribution in [3.8, 4) is 0 Å². The number of aryl methyl sites for hydroxylation is 2. The van der Waals surface area contributed by atoms with Gasteiger partial charge in [-0.3, -0.25) is 19.1 Å². The first-order chi connectivity index (χ1) is 14.1. The minimum absolute atomic E-state index is 0.00930. The van der Waals surface area contributed by atoms with Gasteiger partial charge in [-0.05, 0) is 43.4 Å². The molecule has 0 atom stereocenters. The van der Waals surface area contributed by atoms with E-state index in [2.05, 4.69) is 30.7 Å². The summed E-state index contributed by atoms with van der Waals surface area (Å²) in [7, 11) is 1.71. The number of nitrogens with one attached hydrogen (secondary N) is 1. The van der Waals surface area contributed by atoms with Crippen LogP contribution in [-0.4, -0.2) is 25.1 Å². The Hall–Kier alpha value is -2.38. The number of esters is 1. The molecule has 0 saturated heterocycles. The molecule has 0 amide bonds. The third kappa shape index (κ3) is 4.52. The van der Waals surface area contributed by atoms with Crippen molar-refractivity contribution in [1.82, 2.24) is 19.1 Å². The largest absolute Gasteiger partial charge is 0.457 e. The Kier molecular flexibility index (Phi) is 6.53. The number of hydrogen-bond acceptors (Lipinski definition) is 5. The summed E-state index contributed by atoms with van der Waals surface area (Å²) in [5, 5.41) is 0. The van der Waals surface area contributed by atoms with E-state index in [1.807, 2.05) is 6.92 Å². The fraction of sp³-hybridized carbons (Fsp3) is 0.727. The number of H-pyrrole nitrogens is 1. The Morgan fingerprint density at radius 2 is 1.87 bits per heavy atom. The van der Waals surface area contributed by atoms with E-state index in [1.54, 1.807) is 11.6 Å². The van der Waals surface area contributed by atoms with Crippen LogP contribution >= 0.6 is 0 Å². The lowest BCUT2D eigenvalue weighted by Crippen LogP contribution is -2.31. The number of hydrogen-bond donors (Lipinski definition) is 1. The van der Waals surface area contributed by atoms with Crippen LogP contribution in [-0.2, 0) is 29.7 Å². The number of carbonyl (C=O) groups is 1. The van der Waals surface area contributed by atoms with E-state index < -0.39 is 11.2 Å². The maximum absolute atomic E-state index is 12.6. The van der Waals surface area contributed by atoms with Crippen LogP contribution in [0.3, 0.4) is 0 Å². The number of aromatic nitrogens is 4. The molecule has 2 aromatic heterocycles. The Bertz CT molecular complexity index is 1020. The summed E-state index contributed by atoms with van der Waals surface area (Å²) in [6.07, 6.45) is 5.49. The van der Waals surface area contributed by atoms with Gasteiger partial charge in [0, 0.05) is 13.6 Å². The lowest BCUT2D eigenvalue weighted by Gasteiger charge is -2.36. The molecule has 0 bridgehead atoms. The van der Waals surface area contributed by atoms with Gasteiger partial charge in [-0.2, -0.15) is 0 Å². The van der Waals surface area contributed by atoms with E-state index in [0.717, 1.165) is 38.5 Å². The maximum Gasteiger partial charge on any atom is 0.330 e. The number of nitrogens with zero attached hydrogens (tertiary/aromatic N) is 3. The number of aromatic amines is 1. The molecular weight excluding hydrogens is 384 g/mol. The topological polar surface area (TPSA) is 99.0 Å². The van der Waals surface area contributed by atoms with Gasteiger partial charge in [0.1, 0.15) is 12.4 Å². The zero-order valence-electron chi connectivity index (χ0n) is 18.8. The van der Waals surface area contributed by atoms with Crippen molar-refractivity contribution in [2.75, 3.05) is 0 Å². The highest BCUT2D eigenvalue weighted by atomic mass is 16.5. The molecule has 1 fully saturated rings. The summed E-state index contributed by atoms with van der Waals surface area (Å²) in [4.78, 5) is 44.0. The Balaban J connectivity index is 1.73. The van der Waals surface area contributed by atoms with E-state index in [-0.39, 0.29) is 23.9 Å². The van der Waals surface area contributed by atoms with Crippen molar-refractivity contribution in [2.24, 2.45) is 24.3 Å². The average Bonchev–Trinajstić information content (AvgIpc) is 3.02. The number of imidazole rings is 1. The molecule has 8 heteroatoms. The van der Waals surface area contributed by atoms with Crippen molar-refractivity contribution >= 4 is 17.1 Å². The number of ether oxygens (including phenoxy) is 1. The lowest BCUT2D eigenvalue weighted by atomic mass is 9.70. The molecule has 0 spiro atoms. The van der Waals surface area contributed by atoms with Crippen LogP contribution in [0.25, 0.3) is 11.2 Å². The van der Waals surface area contributed by atoms with Crippen molar-refractivity contribution < 1.29 is 9.53 Å². The van der Waals surface area contributed by atoms with E-state index in [1.165, 1.54) is 4.57 Å². The Morgan fingerprint density at radius 3 is 2.47 bits per heavy atom. The van der Waals surface area contributed by atoms with Gasteiger partial charge in [-0.15, -0.1) is 0 Å². The van der Waals surface area contributed by atoms with Crippen molar-refractivity contribution in [2.45, 2.75) is 79.4 Å². The molecule has 2 aromatic rings. The zero-order chi connectivity index (χ0) is 22.1. The molecule has 1 aliphatic carbocycles. The molecule has 0 radical (unpaired) electrons. The van der Waals surface area contributed by atoms with Gasteiger partial charge in [0.15, 0.2) is 11.2 Å². The summed E-state index contributed by atoms with van der Waals surface area (Å²) in [5.74, 6) is 0.812. The zero-order valence-corrected chi connectivity index (χ0v) is 18.8. The van der Waals surface area contributed by atoms with Crippen LogP contribution in [0.5, 0.6) is 0 Å². The summed E-state index contributed by atoms with van der Waals surface area (Å²) >= 11 is 0. The Morgan fingerprint density at radius 1 is 1.20 bits per heavy atom. The van der Waals surface area contributed by atoms with E-state index >= 15 is 0 Å². The van der Waals surface area contributed by atoms with Crippen LogP contribution in [0.4, 0.5) is 0 Å². The normalized spacial score (nSPS) is 19.9. The fourth-order valence-electron chi connectivity index (χ4n) is 4.39. The molecule has 166 valence electrons. The van der Waals surface area contributed by atoms with E-state index in [0.29, 0.717) is 29.5 Å². The summed E-state index contributed by atoms with van der Waals surface area (Å²) in [6, 6.07) is 0. The number of carbonyl (C=O) groups excluding carboxylic acids is 1. The van der Waals surface area contributed by atoms with Gasteiger partial charge in [0.05, 0.1) is 5.92 Å². The minimum Gasteiger partial charge on any atom is -0.457 e. The average molecular weight is 419 g/mol. The van der Waals surface area contributed by atoms with Crippen LogP contribution in [0, 0.1) is 17.3 Å². The van der Waals surface area contributed by atoms with Crippen LogP contribution < -0.4 is 11.2 Å². The van der Waals surface area contributed by atoms with Gasteiger partial charge in [-0.25, -0.2) is 9.78 Å². The first kappa shape index (κ1) is 22.3. The highest BCUT2D eigenvalue weighted by Gasteiger charge is 2.33. The monoisotopic (exact) mass is 418 g/mol. The SMILES string of the molecule is CCCCn1c(=O)[nH]c(=O)c2c1nc(COC(=O)C1CCC(C(C)(C)C)CC1)n2C. The van der Waals surface area contributed by atoms with Gasteiger partial charge in [0.25, 0.3) is 5.56 Å². The third-order valence-electron chi connectivity index (χ3n) is 6.47. The quantitative estimate of drug-likeness (QED) is 0.727. The van der Waals surface area contributed by atoms with Gasteiger partial charge in [0.2, 0.25) is 0 Å². The van der Waals surface area contributed by atoms with Crippen molar-refractivity contribution in [3.05, 3.63) is 26.7 Å². The molecular formula is C22H34N4O4. The predicted molar refractivity (Wildman–Crippen MR) is 115 cm³/mol. The lowest BCUT2D eigenvalue weighted by molar-refractivity contribution is -0.152. The standard InChI is InChI=1S/C22H34N4O4/c1-6-7-12-26-18-17(19(27)24-21(26)29)25(5)16(23-18)13-30-20(28)14-8-10-15(11-9-14)22(2,3)4/h14-15H,6-13H2,1-5H3,(H,24,27,29).